The zero-order chi connectivity index (χ0) is 15.2. The Hall–Kier alpha value is -2.12. The molecule has 2 aromatic rings. The van der Waals surface area contributed by atoms with Gasteiger partial charge in [0, 0.05) is 10.6 Å². The van der Waals surface area contributed by atoms with Crippen LogP contribution in [0.15, 0.2) is 39.8 Å². The number of carbonyl (C=O) groups is 1. The van der Waals surface area contributed by atoms with Gasteiger partial charge in [-0.3, -0.25) is 10.2 Å². The predicted octanol–water partition coefficient (Wildman–Crippen LogP) is 2.16. The Morgan fingerprint density at radius 1 is 1.43 bits per heavy atom. The summed E-state index contributed by atoms with van der Waals surface area (Å²) < 4.78 is 10.8. The van der Waals surface area contributed by atoms with Gasteiger partial charge in [-0.05, 0) is 31.2 Å². The molecule has 5 N–H and O–H groups in total. The lowest BCUT2D eigenvalue weighted by Gasteiger charge is -2.08. The van der Waals surface area contributed by atoms with E-state index >= 15 is 0 Å². The van der Waals surface area contributed by atoms with Crippen molar-refractivity contribution in [1.29, 1.82) is 0 Å². The van der Waals surface area contributed by atoms with Crippen molar-refractivity contribution in [2.75, 3.05) is 12.3 Å². The van der Waals surface area contributed by atoms with E-state index in [4.69, 9.17) is 20.7 Å². The molecule has 1 aromatic carbocycles. The van der Waals surface area contributed by atoms with Crippen molar-refractivity contribution in [3.05, 3.63) is 41.9 Å². The van der Waals surface area contributed by atoms with Crippen LogP contribution in [0, 0.1) is 0 Å². The first-order valence-corrected chi connectivity index (χ1v) is 7.36. The first-order chi connectivity index (χ1) is 10.2. The number of thioether (sulfide) groups is 1. The van der Waals surface area contributed by atoms with Gasteiger partial charge < -0.3 is 14.9 Å². The van der Waals surface area contributed by atoms with Crippen LogP contribution in [0.3, 0.4) is 0 Å². The zero-order valence-corrected chi connectivity index (χ0v) is 12.4. The van der Waals surface area contributed by atoms with Crippen molar-refractivity contribution < 1.29 is 13.9 Å². The SMILES string of the molecule is CCOc1ccc(N)c(SCc2occc2C(=O)NN)c1. The second kappa shape index (κ2) is 7.05. The van der Waals surface area contributed by atoms with E-state index in [0.29, 0.717) is 29.4 Å². The van der Waals surface area contributed by atoms with Crippen LogP contribution in [-0.4, -0.2) is 12.5 Å². The molecule has 6 nitrogen and oxygen atoms in total. The van der Waals surface area contributed by atoms with Crippen LogP contribution >= 0.6 is 11.8 Å². The lowest BCUT2D eigenvalue weighted by Crippen LogP contribution is -2.30. The molecular formula is C14H17N3O3S. The van der Waals surface area contributed by atoms with Gasteiger partial charge in [0.25, 0.3) is 5.91 Å². The zero-order valence-electron chi connectivity index (χ0n) is 11.6. The van der Waals surface area contributed by atoms with Crippen molar-refractivity contribution >= 4 is 23.4 Å². The maximum absolute atomic E-state index is 11.6. The number of hydrogen-bond acceptors (Lipinski definition) is 6. The minimum Gasteiger partial charge on any atom is -0.494 e. The van der Waals surface area contributed by atoms with Crippen molar-refractivity contribution in [3.63, 3.8) is 0 Å². The summed E-state index contributed by atoms with van der Waals surface area (Å²) in [6.45, 7) is 2.51. The summed E-state index contributed by atoms with van der Waals surface area (Å²) in [4.78, 5) is 12.4. The number of hydrazine groups is 1. The average Bonchev–Trinajstić information content (AvgIpc) is 2.95. The average molecular weight is 307 g/mol. The number of nitrogen functional groups attached to an aromatic ring is 2. The molecule has 0 spiro atoms. The van der Waals surface area contributed by atoms with E-state index in [9.17, 15) is 4.79 Å². The summed E-state index contributed by atoms with van der Waals surface area (Å²) in [6, 6.07) is 7.07. The molecule has 0 aliphatic heterocycles. The first kappa shape index (κ1) is 15.3. The predicted molar refractivity (Wildman–Crippen MR) is 81.9 cm³/mol. The fraction of sp³-hybridized carbons (Fsp3) is 0.214. The van der Waals surface area contributed by atoms with E-state index in [1.165, 1.54) is 18.0 Å². The number of ether oxygens (including phenoxy) is 1. The monoisotopic (exact) mass is 307 g/mol. The number of amides is 1. The summed E-state index contributed by atoms with van der Waals surface area (Å²) >= 11 is 1.47. The van der Waals surface area contributed by atoms with Crippen LogP contribution < -0.4 is 21.7 Å². The second-order valence-electron chi connectivity index (χ2n) is 4.15. The number of nitrogens with one attached hydrogen (secondary N) is 1. The number of rotatable bonds is 6. The largest absolute Gasteiger partial charge is 0.494 e. The summed E-state index contributed by atoms with van der Waals surface area (Å²) in [5.41, 5.74) is 9.11. The minimum absolute atomic E-state index is 0.379. The van der Waals surface area contributed by atoms with E-state index < -0.39 is 0 Å². The molecule has 0 atom stereocenters. The Balaban J connectivity index is 2.11. The molecule has 0 unspecified atom stereocenters. The van der Waals surface area contributed by atoms with E-state index in [-0.39, 0.29) is 5.91 Å². The van der Waals surface area contributed by atoms with Crippen LogP contribution in [0.1, 0.15) is 23.0 Å². The number of benzene rings is 1. The quantitative estimate of drug-likeness (QED) is 0.248. The molecule has 1 aromatic heterocycles. The van der Waals surface area contributed by atoms with Gasteiger partial charge in [0.1, 0.15) is 11.5 Å². The van der Waals surface area contributed by atoms with Gasteiger partial charge in [0.15, 0.2) is 0 Å². The van der Waals surface area contributed by atoms with Gasteiger partial charge in [0.2, 0.25) is 0 Å². The highest BCUT2D eigenvalue weighted by molar-refractivity contribution is 7.98. The lowest BCUT2D eigenvalue weighted by molar-refractivity contribution is 0.0952. The number of hydrogen-bond donors (Lipinski definition) is 3. The smallest absolute Gasteiger partial charge is 0.268 e. The summed E-state index contributed by atoms with van der Waals surface area (Å²) in [7, 11) is 0. The first-order valence-electron chi connectivity index (χ1n) is 6.38. The number of furan rings is 1. The number of nitrogens with two attached hydrogens (primary N) is 2. The van der Waals surface area contributed by atoms with Crippen LogP contribution in [0.4, 0.5) is 5.69 Å². The van der Waals surface area contributed by atoms with E-state index in [2.05, 4.69) is 5.43 Å². The molecule has 0 saturated heterocycles. The highest BCUT2D eigenvalue weighted by Crippen LogP contribution is 2.32. The molecule has 1 amide bonds. The molecule has 0 radical (unpaired) electrons. The Morgan fingerprint density at radius 2 is 2.24 bits per heavy atom. The van der Waals surface area contributed by atoms with Gasteiger partial charge in [-0.2, -0.15) is 0 Å². The standard InChI is InChI=1S/C14H17N3O3S/c1-2-19-9-3-4-11(15)13(7-9)21-8-12-10(5-6-20-12)14(18)17-16/h3-7H,2,8,15-16H2,1H3,(H,17,18). The molecular weight excluding hydrogens is 290 g/mol. The third-order valence-corrected chi connectivity index (χ3v) is 3.85. The molecule has 2 rings (SSSR count). The molecule has 0 bridgehead atoms. The van der Waals surface area contributed by atoms with Crippen LogP contribution in [-0.2, 0) is 5.75 Å². The van der Waals surface area contributed by atoms with Crippen molar-refractivity contribution in [2.45, 2.75) is 17.6 Å². The van der Waals surface area contributed by atoms with E-state index in [1.54, 1.807) is 12.1 Å². The van der Waals surface area contributed by atoms with Crippen LogP contribution in [0.2, 0.25) is 0 Å². The highest BCUT2D eigenvalue weighted by atomic mass is 32.2. The molecule has 7 heteroatoms. The van der Waals surface area contributed by atoms with Gasteiger partial charge in [-0.1, -0.05) is 0 Å². The molecule has 112 valence electrons. The lowest BCUT2D eigenvalue weighted by atomic mass is 10.2. The van der Waals surface area contributed by atoms with E-state index in [0.717, 1.165) is 10.6 Å². The van der Waals surface area contributed by atoms with Gasteiger partial charge >= 0.3 is 0 Å². The van der Waals surface area contributed by atoms with Crippen LogP contribution in [0.25, 0.3) is 0 Å². The van der Waals surface area contributed by atoms with Crippen molar-refractivity contribution in [1.82, 2.24) is 5.43 Å². The number of anilines is 1. The molecule has 0 aliphatic rings. The Labute approximate surface area is 126 Å². The molecule has 0 saturated carbocycles. The fourth-order valence-electron chi connectivity index (χ4n) is 1.77. The molecule has 0 aliphatic carbocycles. The third-order valence-electron chi connectivity index (χ3n) is 2.78. The Kier molecular flexibility index (Phi) is 5.13. The van der Waals surface area contributed by atoms with Crippen molar-refractivity contribution in [3.8, 4) is 5.75 Å². The van der Waals surface area contributed by atoms with Gasteiger partial charge in [-0.25, -0.2) is 5.84 Å². The second-order valence-corrected chi connectivity index (χ2v) is 5.17. The third kappa shape index (κ3) is 3.71. The Morgan fingerprint density at radius 3 is 2.95 bits per heavy atom. The maximum Gasteiger partial charge on any atom is 0.268 e. The van der Waals surface area contributed by atoms with E-state index in [1.807, 2.05) is 19.1 Å². The van der Waals surface area contributed by atoms with Crippen LogP contribution in [0.5, 0.6) is 5.75 Å². The summed E-state index contributed by atoms with van der Waals surface area (Å²) in [5.74, 6) is 6.52. The normalized spacial score (nSPS) is 10.4. The number of carbonyl (C=O) groups excluding carboxylic acids is 1. The summed E-state index contributed by atoms with van der Waals surface area (Å²) in [5, 5.41) is 0. The topological polar surface area (TPSA) is 104 Å². The molecule has 21 heavy (non-hydrogen) atoms. The highest BCUT2D eigenvalue weighted by Gasteiger charge is 2.14. The van der Waals surface area contributed by atoms with Crippen molar-refractivity contribution in [2.24, 2.45) is 5.84 Å². The fourth-order valence-corrected chi connectivity index (χ4v) is 2.72. The maximum atomic E-state index is 11.6. The molecule has 1 heterocycles. The summed E-state index contributed by atoms with van der Waals surface area (Å²) in [6.07, 6.45) is 1.46. The Bertz CT molecular complexity index is 628. The van der Waals surface area contributed by atoms with Gasteiger partial charge in [-0.15, -0.1) is 11.8 Å². The van der Waals surface area contributed by atoms with Gasteiger partial charge in [0.05, 0.1) is 24.2 Å². The minimum atomic E-state index is -0.379. The molecule has 0 fully saturated rings.